The van der Waals surface area contributed by atoms with E-state index in [0.717, 1.165) is 25.7 Å². The van der Waals surface area contributed by atoms with Crippen molar-refractivity contribution in [3.8, 4) is 0 Å². The highest BCUT2D eigenvalue weighted by molar-refractivity contribution is 5.60. The molecule has 0 radical (unpaired) electrons. The number of H-pyrrole nitrogens is 1. The molecule has 0 unspecified atom stereocenters. The molecule has 0 aliphatic rings. The van der Waals surface area contributed by atoms with Gasteiger partial charge in [0, 0.05) is 13.1 Å². The van der Waals surface area contributed by atoms with Gasteiger partial charge in [0.05, 0.1) is 0 Å². The third kappa shape index (κ3) is 4.43. The zero-order valence-corrected chi connectivity index (χ0v) is 12.5. The number of nitrogens with one attached hydrogen (secondary N) is 2. The number of aromatic amines is 1. The number of hydrogen-bond acceptors (Lipinski definition) is 4. The zero-order chi connectivity index (χ0) is 15.0. The lowest BCUT2D eigenvalue weighted by Gasteiger charge is -2.13. The number of nitrogens with two attached hydrogens (primary N) is 1. The van der Waals surface area contributed by atoms with Crippen molar-refractivity contribution in [1.82, 2.24) is 9.55 Å². The minimum Gasteiger partial charge on any atom is -0.383 e. The highest BCUT2D eigenvalue weighted by Crippen LogP contribution is 2.11. The Bertz CT molecular complexity index is 519. The van der Waals surface area contributed by atoms with E-state index >= 15 is 0 Å². The maximum absolute atomic E-state index is 11.8. The maximum atomic E-state index is 11.8. The predicted molar refractivity (Wildman–Crippen MR) is 83.3 cm³/mol. The first-order valence-corrected chi connectivity index (χ1v) is 7.48. The summed E-state index contributed by atoms with van der Waals surface area (Å²) < 4.78 is 1.43. The second-order valence-electron chi connectivity index (χ2n) is 5.01. The van der Waals surface area contributed by atoms with Crippen LogP contribution in [0.2, 0.25) is 0 Å². The molecule has 6 nitrogen and oxygen atoms in total. The first-order valence-electron chi connectivity index (χ1n) is 7.48. The number of hydrogen-bond donors (Lipinski definition) is 3. The van der Waals surface area contributed by atoms with Gasteiger partial charge in [-0.2, -0.15) is 0 Å². The normalized spacial score (nSPS) is 10.7. The summed E-state index contributed by atoms with van der Waals surface area (Å²) in [5.74, 6) is 0.239. The maximum Gasteiger partial charge on any atom is 0.330 e. The monoisotopic (exact) mass is 282 g/mol. The minimum atomic E-state index is -0.435. The molecule has 0 fully saturated rings. The lowest BCUT2D eigenvalue weighted by atomic mass is 10.2. The van der Waals surface area contributed by atoms with Crippen LogP contribution in [-0.2, 0) is 6.54 Å². The summed E-state index contributed by atoms with van der Waals surface area (Å²) in [5, 5.41) is 3.06. The summed E-state index contributed by atoms with van der Waals surface area (Å²) in [7, 11) is 0. The van der Waals surface area contributed by atoms with Crippen molar-refractivity contribution in [1.29, 1.82) is 0 Å². The van der Waals surface area contributed by atoms with E-state index in [0.29, 0.717) is 18.8 Å². The van der Waals surface area contributed by atoms with Crippen LogP contribution in [0.1, 0.15) is 52.4 Å². The van der Waals surface area contributed by atoms with Gasteiger partial charge in [-0.3, -0.25) is 14.3 Å². The van der Waals surface area contributed by atoms with E-state index in [9.17, 15) is 9.59 Å². The van der Waals surface area contributed by atoms with E-state index < -0.39 is 11.2 Å². The summed E-state index contributed by atoms with van der Waals surface area (Å²) in [6.45, 7) is 5.42. The summed E-state index contributed by atoms with van der Waals surface area (Å²) in [4.78, 5) is 25.8. The Hall–Kier alpha value is -1.72. The molecular formula is C14H26N4O2. The summed E-state index contributed by atoms with van der Waals surface area (Å²) in [6.07, 6.45) is 6.28. The van der Waals surface area contributed by atoms with Gasteiger partial charge in [0.2, 0.25) is 0 Å². The fourth-order valence-electron chi connectivity index (χ4n) is 2.06. The van der Waals surface area contributed by atoms with Gasteiger partial charge in [-0.25, -0.2) is 4.79 Å². The first kappa shape index (κ1) is 16.3. The van der Waals surface area contributed by atoms with Crippen LogP contribution in [-0.4, -0.2) is 16.1 Å². The molecule has 0 bridgehead atoms. The van der Waals surface area contributed by atoms with E-state index in [1.165, 1.54) is 17.4 Å². The summed E-state index contributed by atoms with van der Waals surface area (Å²) in [6, 6.07) is 0. The molecule has 0 atom stereocenters. The molecule has 0 aliphatic heterocycles. The largest absolute Gasteiger partial charge is 0.383 e. The van der Waals surface area contributed by atoms with Crippen LogP contribution >= 0.6 is 0 Å². The number of unbranched alkanes of at least 4 members (excludes halogenated alkanes) is 4. The third-order valence-electron chi connectivity index (χ3n) is 3.31. The Morgan fingerprint density at radius 1 is 1.10 bits per heavy atom. The average Bonchev–Trinajstić information content (AvgIpc) is 2.41. The SMILES string of the molecule is CCCCCCNc1c(N)n(CCCC)c(=O)[nH]c1=O. The van der Waals surface area contributed by atoms with Crippen molar-refractivity contribution >= 4 is 11.5 Å². The lowest BCUT2D eigenvalue weighted by Crippen LogP contribution is -2.34. The quantitative estimate of drug-likeness (QED) is 0.603. The van der Waals surface area contributed by atoms with E-state index in [2.05, 4.69) is 17.2 Å². The van der Waals surface area contributed by atoms with Gasteiger partial charge in [0.1, 0.15) is 11.5 Å². The first-order chi connectivity index (χ1) is 9.61. The summed E-state index contributed by atoms with van der Waals surface area (Å²) >= 11 is 0. The fraction of sp³-hybridized carbons (Fsp3) is 0.714. The van der Waals surface area contributed by atoms with E-state index in [-0.39, 0.29) is 5.82 Å². The van der Waals surface area contributed by atoms with Gasteiger partial charge in [-0.1, -0.05) is 39.5 Å². The molecule has 1 aromatic rings. The van der Waals surface area contributed by atoms with Crippen molar-refractivity contribution in [2.24, 2.45) is 0 Å². The lowest BCUT2D eigenvalue weighted by molar-refractivity contribution is 0.605. The highest BCUT2D eigenvalue weighted by Gasteiger charge is 2.11. The zero-order valence-electron chi connectivity index (χ0n) is 12.5. The molecule has 114 valence electrons. The molecule has 0 aromatic carbocycles. The molecule has 6 heteroatoms. The molecule has 1 rings (SSSR count). The Morgan fingerprint density at radius 2 is 1.80 bits per heavy atom. The van der Waals surface area contributed by atoms with Crippen LogP contribution in [0.4, 0.5) is 11.5 Å². The molecule has 1 aromatic heterocycles. The van der Waals surface area contributed by atoms with E-state index in [1.54, 1.807) is 0 Å². The average molecular weight is 282 g/mol. The molecule has 0 spiro atoms. The Kier molecular flexibility index (Phi) is 6.90. The second-order valence-corrected chi connectivity index (χ2v) is 5.01. The summed E-state index contributed by atoms with van der Waals surface area (Å²) in [5.41, 5.74) is 5.40. The van der Waals surface area contributed by atoms with Crippen LogP contribution in [0.15, 0.2) is 9.59 Å². The van der Waals surface area contributed by atoms with Crippen LogP contribution < -0.4 is 22.3 Å². The van der Waals surface area contributed by atoms with Crippen molar-refractivity contribution < 1.29 is 0 Å². The molecule has 1 heterocycles. The smallest absolute Gasteiger partial charge is 0.330 e. The van der Waals surface area contributed by atoms with Gasteiger partial charge in [0.15, 0.2) is 0 Å². The predicted octanol–water partition coefficient (Wildman–Crippen LogP) is 1.91. The standard InChI is InChI=1S/C14H26N4O2/c1-3-5-7-8-9-16-11-12(15)18(10-6-4-2)14(20)17-13(11)19/h16H,3-10,15H2,1-2H3,(H,17,19,20). The van der Waals surface area contributed by atoms with Gasteiger partial charge in [-0.05, 0) is 12.8 Å². The van der Waals surface area contributed by atoms with Crippen molar-refractivity contribution in [2.45, 2.75) is 58.9 Å². The van der Waals surface area contributed by atoms with Crippen LogP contribution in [0.25, 0.3) is 0 Å². The molecule has 0 saturated carbocycles. The molecule has 20 heavy (non-hydrogen) atoms. The van der Waals surface area contributed by atoms with Crippen molar-refractivity contribution in [3.05, 3.63) is 20.8 Å². The van der Waals surface area contributed by atoms with Crippen molar-refractivity contribution in [3.63, 3.8) is 0 Å². The second kappa shape index (κ2) is 8.45. The molecular weight excluding hydrogens is 256 g/mol. The number of anilines is 2. The number of aromatic nitrogens is 2. The topological polar surface area (TPSA) is 92.9 Å². The molecule has 0 saturated heterocycles. The van der Waals surface area contributed by atoms with Crippen LogP contribution in [0, 0.1) is 0 Å². The number of rotatable bonds is 9. The van der Waals surface area contributed by atoms with E-state index in [1.807, 2.05) is 6.92 Å². The minimum absolute atomic E-state index is 0.239. The van der Waals surface area contributed by atoms with Crippen LogP contribution in [0.5, 0.6) is 0 Å². The molecule has 0 amide bonds. The number of nitrogen functional groups attached to an aromatic ring is 1. The molecule has 0 aliphatic carbocycles. The third-order valence-corrected chi connectivity index (χ3v) is 3.31. The number of nitrogens with zero attached hydrogens (tertiary/aromatic N) is 1. The molecule has 4 N–H and O–H groups in total. The Labute approximate surface area is 119 Å². The highest BCUT2D eigenvalue weighted by atomic mass is 16.2. The van der Waals surface area contributed by atoms with Gasteiger partial charge in [0.25, 0.3) is 5.56 Å². The van der Waals surface area contributed by atoms with Gasteiger partial charge >= 0.3 is 5.69 Å². The van der Waals surface area contributed by atoms with Crippen LogP contribution in [0.3, 0.4) is 0 Å². The fourth-order valence-corrected chi connectivity index (χ4v) is 2.06. The Morgan fingerprint density at radius 3 is 2.45 bits per heavy atom. The van der Waals surface area contributed by atoms with Gasteiger partial charge in [-0.15, -0.1) is 0 Å². The van der Waals surface area contributed by atoms with Gasteiger partial charge < -0.3 is 11.1 Å². The van der Waals surface area contributed by atoms with Crippen molar-refractivity contribution in [2.75, 3.05) is 17.6 Å². The Balaban J connectivity index is 2.79. The van der Waals surface area contributed by atoms with E-state index in [4.69, 9.17) is 5.73 Å².